The van der Waals surface area contributed by atoms with Gasteiger partial charge in [-0.3, -0.25) is 0 Å². The second kappa shape index (κ2) is 7.18. The van der Waals surface area contributed by atoms with Gasteiger partial charge in [-0.1, -0.05) is 13.8 Å². The van der Waals surface area contributed by atoms with Gasteiger partial charge in [-0.2, -0.15) is 7.82 Å². The Kier molecular flexibility index (Phi) is 9.13. The van der Waals surface area contributed by atoms with Crippen molar-refractivity contribution in [1.82, 2.24) is 5.32 Å². The molecule has 0 spiro atoms. The summed E-state index contributed by atoms with van der Waals surface area (Å²) in [5.74, 6) is 0. The molecule has 1 N–H and O–H groups in total. The molecule has 0 fully saturated rings. The number of hydrogen-bond donors (Lipinski definition) is 1. The molecule has 0 atom stereocenters. The Bertz CT molecular complexity index is 91.2. The fourth-order valence-electron chi connectivity index (χ4n) is 0.250. The molecule has 0 rings (SSSR count). The molecule has 0 amide bonds. The summed E-state index contributed by atoms with van der Waals surface area (Å²) >= 11 is 0. The van der Waals surface area contributed by atoms with Crippen LogP contribution in [0.3, 0.4) is 0 Å². The third-order valence-electron chi connectivity index (χ3n) is 0.500. The van der Waals surface area contributed by atoms with E-state index in [1.807, 2.05) is 0 Å². The number of nitrogens with one attached hydrogen (secondary N) is 1. The van der Waals surface area contributed by atoms with Crippen molar-refractivity contribution in [3.63, 3.8) is 0 Å². The zero-order valence-electron chi connectivity index (χ0n) is 5.99. The molecule has 0 unspecified atom stereocenters. The first-order chi connectivity index (χ1) is 4.41. The molecule has 0 radical (unpaired) electrons. The Balaban J connectivity index is 0. The zero-order chi connectivity index (χ0) is 8.62. The minimum absolute atomic E-state index is 1.09. The standard InChI is InChI=1S/C4H11N.H3O4P/c1-3-5-4-2;1-5(2,3)4/h5H,3-4H2,1-2H3;(H3,1,2,3,4)/p-3. The van der Waals surface area contributed by atoms with E-state index >= 15 is 0 Å². The van der Waals surface area contributed by atoms with E-state index in [0.29, 0.717) is 0 Å². The molecule has 10 heavy (non-hydrogen) atoms. The van der Waals surface area contributed by atoms with Crippen LogP contribution in [0.4, 0.5) is 0 Å². The number of phosphoric acid groups is 1. The van der Waals surface area contributed by atoms with Gasteiger partial charge in [0.25, 0.3) is 0 Å². The maximum atomic E-state index is 8.55. The molecule has 0 saturated carbocycles. The summed E-state index contributed by atoms with van der Waals surface area (Å²) in [5, 5.41) is 3.11. The smallest absolute Gasteiger partial charge is 0.00775 e. The minimum atomic E-state index is -5.39. The van der Waals surface area contributed by atoms with Gasteiger partial charge in [0.15, 0.2) is 0 Å². The molecule has 64 valence electrons. The van der Waals surface area contributed by atoms with E-state index in [1.165, 1.54) is 0 Å². The van der Waals surface area contributed by atoms with E-state index in [9.17, 15) is 0 Å². The highest BCUT2D eigenvalue weighted by Crippen LogP contribution is 2.03. The first kappa shape index (κ1) is 12.7. The van der Waals surface area contributed by atoms with E-state index < -0.39 is 7.82 Å². The summed E-state index contributed by atoms with van der Waals surface area (Å²) in [6, 6.07) is 0. The van der Waals surface area contributed by atoms with Crippen LogP contribution < -0.4 is 20.0 Å². The van der Waals surface area contributed by atoms with Gasteiger partial charge in [0.05, 0.1) is 0 Å². The molecular formula is C4H11NO4P-3. The summed E-state index contributed by atoms with van der Waals surface area (Å²) in [7, 11) is -5.39. The molecule has 0 aromatic heterocycles. The van der Waals surface area contributed by atoms with Crippen LogP contribution in [0.5, 0.6) is 0 Å². The van der Waals surface area contributed by atoms with E-state index in [1.54, 1.807) is 0 Å². The van der Waals surface area contributed by atoms with Gasteiger partial charge in [0.2, 0.25) is 0 Å². The molecule has 5 nitrogen and oxygen atoms in total. The highest BCUT2D eigenvalue weighted by molar-refractivity contribution is 7.40. The Hall–Kier alpha value is 0.0700. The van der Waals surface area contributed by atoms with Crippen LogP contribution in [0.15, 0.2) is 0 Å². The van der Waals surface area contributed by atoms with Crippen LogP contribution in [0.2, 0.25) is 0 Å². The van der Waals surface area contributed by atoms with E-state index in [4.69, 9.17) is 19.2 Å². The average molecular weight is 168 g/mol. The lowest BCUT2D eigenvalue weighted by Crippen LogP contribution is -2.24. The molecule has 0 bridgehead atoms. The molecule has 0 heterocycles. The lowest BCUT2D eigenvalue weighted by molar-refractivity contribution is -0.432. The van der Waals surface area contributed by atoms with Crippen molar-refractivity contribution in [2.75, 3.05) is 13.1 Å². The fraction of sp³-hybridized carbons (Fsp3) is 1.00. The van der Waals surface area contributed by atoms with Crippen LogP contribution in [-0.2, 0) is 4.57 Å². The lowest BCUT2D eigenvalue weighted by atomic mass is 10.7. The van der Waals surface area contributed by atoms with Crippen LogP contribution in [0.1, 0.15) is 13.8 Å². The normalized spacial score (nSPS) is 10.1. The van der Waals surface area contributed by atoms with Crippen molar-refractivity contribution in [3.8, 4) is 0 Å². The molecule has 0 aliphatic rings. The van der Waals surface area contributed by atoms with Gasteiger partial charge in [-0.15, -0.1) is 0 Å². The van der Waals surface area contributed by atoms with Crippen molar-refractivity contribution < 1.29 is 19.2 Å². The monoisotopic (exact) mass is 168 g/mol. The van der Waals surface area contributed by atoms with Crippen molar-refractivity contribution in [2.45, 2.75) is 13.8 Å². The maximum Gasteiger partial charge on any atom is -0.00775 e. The van der Waals surface area contributed by atoms with Gasteiger partial charge in [0.1, 0.15) is 0 Å². The molecule has 0 aliphatic heterocycles. The summed E-state index contributed by atoms with van der Waals surface area (Å²) in [4.78, 5) is 25.6. The minimum Gasteiger partial charge on any atom is -0.822 e. The molecule has 0 saturated heterocycles. The van der Waals surface area contributed by atoms with Crippen LogP contribution >= 0.6 is 7.82 Å². The number of hydrogen-bond acceptors (Lipinski definition) is 5. The van der Waals surface area contributed by atoms with Gasteiger partial charge >= 0.3 is 0 Å². The van der Waals surface area contributed by atoms with Gasteiger partial charge in [-0.25, -0.2) is 0 Å². The van der Waals surface area contributed by atoms with Crippen molar-refractivity contribution in [1.29, 1.82) is 0 Å². The summed E-state index contributed by atoms with van der Waals surface area (Å²) in [6.45, 7) is 6.39. The van der Waals surface area contributed by atoms with E-state index in [-0.39, 0.29) is 0 Å². The summed E-state index contributed by atoms with van der Waals surface area (Å²) in [5.41, 5.74) is 0. The predicted octanol–water partition coefficient (Wildman–Crippen LogP) is -2.21. The highest BCUT2D eigenvalue weighted by atomic mass is 31.2. The average Bonchev–Trinajstić information content (AvgIpc) is 1.63. The summed E-state index contributed by atoms with van der Waals surface area (Å²) in [6.07, 6.45) is 0. The first-order valence-electron chi connectivity index (χ1n) is 2.85. The summed E-state index contributed by atoms with van der Waals surface area (Å²) < 4.78 is 8.55. The van der Waals surface area contributed by atoms with Gasteiger partial charge in [0, 0.05) is 0 Å². The Morgan fingerprint density at radius 1 is 1.20 bits per heavy atom. The van der Waals surface area contributed by atoms with Crippen LogP contribution in [0, 0.1) is 0 Å². The molecule has 0 aliphatic carbocycles. The second-order valence-electron chi connectivity index (χ2n) is 1.40. The fourth-order valence-corrected chi connectivity index (χ4v) is 0.250. The second-order valence-corrected chi connectivity index (χ2v) is 2.30. The van der Waals surface area contributed by atoms with Gasteiger partial charge in [-0.05, 0) is 13.1 Å². The number of rotatable bonds is 2. The largest absolute Gasteiger partial charge is 0.822 e. The highest BCUT2D eigenvalue weighted by Gasteiger charge is 1.62. The van der Waals surface area contributed by atoms with Crippen LogP contribution in [0.25, 0.3) is 0 Å². The SMILES string of the molecule is CCNCC.O=P([O-])([O-])[O-]. The third-order valence-corrected chi connectivity index (χ3v) is 0.500. The Labute approximate surface area is 60.3 Å². The maximum absolute atomic E-state index is 8.55. The molecule has 0 aromatic rings. The van der Waals surface area contributed by atoms with Gasteiger partial charge < -0.3 is 24.6 Å². The topological polar surface area (TPSA) is 98.3 Å². The molecule has 6 heteroatoms. The molecule has 0 aromatic carbocycles. The van der Waals surface area contributed by atoms with E-state index in [2.05, 4.69) is 19.2 Å². The molecular weight excluding hydrogens is 157 g/mol. The lowest BCUT2D eigenvalue weighted by Gasteiger charge is -2.36. The Morgan fingerprint density at radius 2 is 1.40 bits per heavy atom. The van der Waals surface area contributed by atoms with E-state index in [0.717, 1.165) is 13.1 Å². The Morgan fingerprint density at radius 3 is 1.40 bits per heavy atom. The quantitative estimate of drug-likeness (QED) is 0.471. The van der Waals surface area contributed by atoms with Crippen molar-refractivity contribution in [3.05, 3.63) is 0 Å². The van der Waals surface area contributed by atoms with Crippen LogP contribution in [-0.4, -0.2) is 13.1 Å². The zero-order valence-corrected chi connectivity index (χ0v) is 6.89. The predicted molar refractivity (Wildman–Crippen MR) is 31.8 cm³/mol. The first-order valence-corrected chi connectivity index (χ1v) is 4.31. The third kappa shape index (κ3) is 94.1. The van der Waals surface area contributed by atoms with Crippen molar-refractivity contribution >= 4 is 7.82 Å². The van der Waals surface area contributed by atoms with Crippen molar-refractivity contribution in [2.24, 2.45) is 0 Å².